The zero-order valence-electron chi connectivity index (χ0n) is 11.1. The molecule has 2 aromatic rings. The quantitative estimate of drug-likeness (QED) is 0.862. The van der Waals surface area contributed by atoms with E-state index < -0.39 is 0 Å². The number of aryl methyl sites for hydroxylation is 1. The average Bonchev–Trinajstić information content (AvgIpc) is 2.81. The van der Waals surface area contributed by atoms with Crippen molar-refractivity contribution in [1.29, 1.82) is 0 Å². The lowest BCUT2D eigenvalue weighted by Gasteiger charge is -2.13. The summed E-state index contributed by atoms with van der Waals surface area (Å²) >= 11 is 0. The van der Waals surface area contributed by atoms with Gasteiger partial charge in [-0.1, -0.05) is 18.2 Å². The van der Waals surface area contributed by atoms with E-state index in [-0.39, 0.29) is 5.91 Å². The highest BCUT2D eigenvalue weighted by molar-refractivity contribution is 5.83. The SMILES string of the molecule is CCN(C)C(=O)CCCc1c[nH]c2ccccc12. The Morgan fingerprint density at radius 1 is 1.33 bits per heavy atom. The fourth-order valence-corrected chi connectivity index (χ4v) is 2.14. The van der Waals surface area contributed by atoms with E-state index in [1.54, 1.807) is 4.90 Å². The molecule has 18 heavy (non-hydrogen) atoms. The van der Waals surface area contributed by atoms with Gasteiger partial charge in [-0.2, -0.15) is 0 Å². The number of hydrogen-bond acceptors (Lipinski definition) is 1. The van der Waals surface area contributed by atoms with Crippen LogP contribution < -0.4 is 0 Å². The number of nitrogens with zero attached hydrogens (tertiary/aromatic N) is 1. The topological polar surface area (TPSA) is 36.1 Å². The minimum Gasteiger partial charge on any atom is -0.361 e. The summed E-state index contributed by atoms with van der Waals surface area (Å²) in [5.41, 5.74) is 2.47. The summed E-state index contributed by atoms with van der Waals surface area (Å²) in [6.45, 7) is 2.78. The molecule has 96 valence electrons. The molecule has 0 bridgehead atoms. The number of amides is 1. The predicted molar refractivity (Wildman–Crippen MR) is 74.5 cm³/mol. The first-order valence-corrected chi connectivity index (χ1v) is 6.51. The maximum absolute atomic E-state index is 11.7. The largest absolute Gasteiger partial charge is 0.361 e. The molecule has 0 fully saturated rings. The lowest BCUT2D eigenvalue weighted by molar-refractivity contribution is -0.129. The maximum Gasteiger partial charge on any atom is 0.222 e. The van der Waals surface area contributed by atoms with Crippen molar-refractivity contribution in [2.45, 2.75) is 26.2 Å². The van der Waals surface area contributed by atoms with Gasteiger partial charge in [0.05, 0.1) is 0 Å². The first kappa shape index (κ1) is 12.7. The van der Waals surface area contributed by atoms with Crippen LogP contribution in [0.25, 0.3) is 10.9 Å². The normalized spacial score (nSPS) is 10.8. The number of benzene rings is 1. The molecule has 2 rings (SSSR count). The van der Waals surface area contributed by atoms with Crippen molar-refractivity contribution >= 4 is 16.8 Å². The Morgan fingerprint density at radius 3 is 2.89 bits per heavy atom. The Kier molecular flexibility index (Phi) is 4.03. The number of hydrogen-bond donors (Lipinski definition) is 1. The van der Waals surface area contributed by atoms with Crippen LogP contribution in [0.5, 0.6) is 0 Å². The van der Waals surface area contributed by atoms with Gasteiger partial charge in [0.2, 0.25) is 5.91 Å². The summed E-state index contributed by atoms with van der Waals surface area (Å²) in [4.78, 5) is 16.7. The molecule has 1 amide bonds. The molecule has 0 aliphatic heterocycles. The number of para-hydroxylation sites is 1. The Bertz CT molecular complexity index is 530. The monoisotopic (exact) mass is 244 g/mol. The van der Waals surface area contributed by atoms with E-state index in [0.717, 1.165) is 19.4 Å². The molecule has 1 N–H and O–H groups in total. The molecule has 3 nitrogen and oxygen atoms in total. The van der Waals surface area contributed by atoms with Gasteiger partial charge in [0.15, 0.2) is 0 Å². The zero-order chi connectivity index (χ0) is 13.0. The van der Waals surface area contributed by atoms with Crippen LogP contribution in [-0.4, -0.2) is 29.4 Å². The predicted octanol–water partition coefficient (Wildman–Crippen LogP) is 2.97. The Morgan fingerprint density at radius 2 is 2.11 bits per heavy atom. The van der Waals surface area contributed by atoms with Crippen LogP contribution in [0, 0.1) is 0 Å². The molecule has 0 atom stereocenters. The highest BCUT2D eigenvalue weighted by atomic mass is 16.2. The smallest absolute Gasteiger partial charge is 0.222 e. The van der Waals surface area contributed by atoms with Gasteiger partial charge in [-0.25, -0.2) is 0 Å². The number of nitrogens with one attached hydrogen (secondary N) is 1. The highest BCUT2D eigenvalue weighted by Crippen LogP contribution is 2.19. The molecular formula is C15H20N2O. The number of aromatic amines is 1. The van der Waals surface area contributed by atoms with Gasteiger partial charge in [0, 0.05) is 37.1 Å². The maximum atomic E-state index is 11.7. The molecule has 0 aliphatic carbocycles. The third kappa shape index (κ3) is 2.73. The third-order valence-corrected chi connectivity index (χ3v) is 3.41. The molecule has 1 aromatic carbocycles. The van der Waals surface area contributed by atoms with Crippen LogP contribution in [0.4, 0.5) is 0 Å². The van der Waals surface area contributed by atoms with Crippen molar-refractivity contribution in [1.82, 2.24) is 9.88 Å². The standard InChI is InChI=1S/C15H20N2O/c1-3-17(2)15(18)10-6-7-12-11-16-14-9-5-4-8-13(12)14/h4-5,8-9,11,16H,3,6-7,10H2,1-2H3. The van der Waals surface area contributed by atoms with Gasteiger partial charge in [0.1, 0.15) is 0 Å². The van der Waals surface area contributed by atoms with Crippen molar-refractivity contribution in [3.8, 4) is 0 Å². The van der Waals surface area contributed by atoms with Gasteiger partial charge in [0.25, 0.3) is 0 Å². The Hall–Kier alpha value is -1.77. The number of carbonyl (C=O) groups is 1. The molecule has 1 aromatic heterocycles. The Labute approximate surface area is 108 Å². The van der Waals surface area contributed by atoms with E-state index in [0.29, 0.717) is 6.42 Å². The van der Waals surface area contributed by atoms with Crippen LogP contribution in [0.15, 0.2) is 30.5 Å². The van der Waals surface area contributed by atoms with Crippen LogP contribution in [0.3, 0.4) is 0 Å². The summed E-state index contributed by atoms with van der Waals surface area (Å²) < 4.78 is 0. The first-order valence-electron chi connectivity index (χ1n) is 6.51. The van der Waals surface area contributed by atoms with Gasteiger partial charge in [-0.05, 0) is 31.4 Å². The molecule has 0 radical (unpaired) electrons. The second-order valence-corrected chi connectivity index (χ2v) is 4.62. The second-order valence-electron chi connectivity index (χ2n) is 4.62. The summed E-state index contributed by atoms with van der Waals surface area (Å²) in [5, 5.41) is 1.27. The van der Waals surface area contributed by atoms with E-state index in [2.05, 4.69) is 29.4 Å². The number of aromatic nitrogens is 1. The highest BCUT2D eigenvalue weighted by Gasteiger charge is 2.07. The fraction of sp³-hybridized carbons (Fsp3) is 0.400. The first-order chi connectivity index (χ1) is 8.72. The molecule has 0 spiro atoms. The van der Waals surface area contributed by atoms with Crippen LogP contribution >= 0.6 is 0 Å². The van der Waals surface area contributed by atoms with E-state index in [9.17, 15) is 4.79 Å². The third-order valence-electron chi connectivity index (χ3n) is 3.41. The number of rotatable bonds is 5. The van der Waals surface area contributed by atoms with Gasteiger partial charge in [-0.3, -0.25) is 4.79 Å². The summed E-state index contributed by atoms with van der Waals surface area (Å²) in [5.74, 6) is 0.234. The number of H-pyrrole nitrogens is 1. The fourth-order valence-electron chi connectivity index (χ4n) is 2.14. The summed E-state index contributed by atoms with van der Waals surface area (Å²) in [7, 11) is 1.86. The van der Waals surface area contributed by atoms with Gasteiger partial charge < -0.3 is 9.88 Å². The number of carbonyl (C=O) groups excluding carboxylic acids is 1. The average molecular weight is 244 g/mol. The van der Waals surface area contributed by atoms with Crippen LogP contribution in [-0.2, 0) is 11.2 Å². The summed E-state index contributed by atoms with van der Waals surface area (Å²) in [6.07, 6.45) is 4.54. The molecular weight excluding hydrogens is 224 g/mol. The van der Waals surface area contributed by atoms with Crippen molar-refractivity contribution in [2.75, 3.05) is 13.6 Å². The molecule has 0 saturated heterocycles. The van der Waals surface area contributed by atoms with Crippen molar-refractivity contribution < 1.29 is 4.79 Å². The van der Waals surface area contributed by atoms with Crippen LogP contribution in [0.1, 0.15) is 25.3 Å². The van der Waals surface area contributed by atoms with Crippen molar-refractivity contribution in [2.24, 2.45) is 0 Å². The van der Waals surface area contributed by atoms with Gasteiger partial charge in [-0.15, -0.1) is 0 Å². The van der Waals surface area contributed by atoms with Crippen molar-refractivity contribution in [3.05, 3.63) is 36.0 Å². The van der Waals surface area contributed by atoms with E-state index in [1.165, 1.54) is 16.5 Å². The molecule has 0 aliphatic rings. The van der Waals surface area contributed by atoms with Gasteiger partial charge >= 0.3 is 0 Å². The minimum atomic E-state index is 0.234. The molecule has 1 heterocycles. The van der Waals surface area contributed by atoms with Crippen LogP contribution in [0.2, 0.25) is 0 Å². The number of fused-ring (bicyclic) bond motifs is 1. The second kappa shape index (κ2) is 5.71. The molecule has 0 unspecified atom stereocenters. The lowest BCUT2D eigenvalue weighted by atomic mass is 10.1. The molecule has 3 heteroatoms. The van der Waals surface area contributed by atoms with E-state index >= 15 is 0 Å². The molecule has 0 saturated carbocycles. The zero-order valence-corrected chi connectivity index (χ0v) is 11.1. The van der Waals surface area contributed by atoms with Crippen molar-refractivity contribution in [3.63, 3.8) is 0 Å². The van der Waals surface area contributed by atoms with E-state index in [4.69, 9.17) is 0 Å². The Balaban J connectivity index is 1.93. The minimum absolute atomic E-state index is 0.234. The van der Waals surface area contributed by atoms with E-state index in [1.807, 2.05) is 20.0 Å². The lowest BCUT2D eigenvalue weighted by Crippen LogP contribution is -2.25. The summed E-state index contributed by atoms with van der Waals surface area (Å²) in [6, 6.07) is 8.29.